The van der Waals surface area contributed by atoms with Gasteiger partial charge in [0.05, 0.1) is 5.56 Å². The maximum absolute atomic E-state index is 14.6. The molecule has 1 aromatic heterocycles. The van der Waals surface area contributed by atoms with E-state index in [-0.39, 0.29) is 23.9 Å². The molecule has 2 heterocycles. The number of hydrogen-bond acceptors (Lipinski definition) is 4. The monoisotopic (exact) mass is 434 g/mol. The molecule has 0 bridgehead atoms. The summed E-state index contributed by atoms with van der Waals surface area (Å²) in [6, 6.07) is 8.77. The van der Waals surface area contributed by atoms with Crippen molar-refractivity contribution in [1.82, 2.24) is 0 Å². The van der Waals surface area contributed by atoms with E-state index in [1.54, 1.807) is 23.1 Å². The molecule has 1 aliphatic heterocycles. The number of thiophene rings is 1. The highest BCUT2D eigenvalue weighted by Gasteiger charge is 2.42. The Morgan fingerprint density at radius 1 is 1.03 bits per heavy atom. The number of halogens is 1. The number of carbonyl (C=O) groups is 2. The van der Waals surface area contributed by atoms with Crippen LogP contribution in [-0.2, 0) is 22.4 Å². The highest BCUT2D eigenvalue weighted by Crippen LogP contribution is 2.48. The Labute approximate surface area is 185 Å². The first kappa shape index (κ1) is 20.1. The van der Waals surface area contributed by atoms with Crippen LogP contribution in [0.5, 0.6) is 0 Å². The number of anilines is 1. The second kappa shape index (κ2) is 8.05. The highest BCUT2D eigenvalue weighted by molar-refractivity contribution is 7.16. The molecule has 0 saturated heterocycles. The Balaban J connectivity index is 1.68. The molecule has 0 fully saturated rings. The topological polar surface area (TPSA) is 61.2 Å². The van der Waals surface area contributed by atoms with E-state index in [0.29, 0.717) is 46.7 Å². The minimum Gasteiger partial charge on any atom is -0.294 e. The van der Waals surface area contributed by atoms with Crippen LogP contribution in [0.4, 0.5) is 9.39 Å². The number of aryl methyl sites for hydroxylation is 1. The number of Topliss-reactive ketones (excluding diaryl/α,β-unsaturated/α-hetero) is 1. The molecule has 0 saturated carbocycles. The molecule has 31 heavy (non-hydrogen) atoms. The van der Waals surface area contributed by atoms with Gasteiger partial charge in [-0.3, -0.25) is 14.5 Å². The van der Waals surface area contributed by atoms with Crippen LogP contribution in [0.15, 0.2) is 35.5 Å². The zero-order valence-electron chi connectivity index (χ0n) is 17.2. The molecule has 158 valence electrons. The van der Waals surface area contributed by atoms with E-state index in [0.717, 1.165) is 37.7 Å². The van der Waals surface area contributed by atoms with E-state index in [1.807, 2.05) is 0 Å². The van der Waals surface area contributed by atoms with Crippen LogP contribution in [0.25, 0.3) is 0 Å². The van der Waals surface area contributed by atoms with Gasteiger partial charge in [-0.05, 0) is 55.7 Å². The standard InChI is InChI=1S/C25H23FN2O2S/c26-19-9-5-4-7-15(19)17-13-23(30)28(20-10-6-11-21(29)24(17)20)25-18(14-27)16-8-2-1-3-12-22(16)31-25/h4-5,7,9,17H,1-3,6,8,10-13H2/t17-/m0/s1. The predicted octanol–water partition coefficient (Wildman–Crippen LogP) is 5.56. The molecular formula is C25H23FN2O2S. The Bertz CT molecular complexity index is 1160. The largest absolute Gasteiger partial charge is 0.294 e. The van der Waals surface area contributed by atoms with E-state index < -0.39 is 5.92 Å². The number of fused-ring (bicyclic) bond motifs is 1. The van der Waals surface area contributed by atoms with E-state index in [4.69, 9.17) is 0 Å². The van der Waals surface area contributed by atoms with Gasteiger partial charge in [-0.15, -0.1) is 11.3 Å². The van der Waals surface area contributed by atoms with Crippen LogP contribution >= 0.6 is 11.3 Å². The third-order valence-corrected chi connectivity index (χ3v) is 7.95. The number of ketones is 1. The van der Waals surface area contributed by atoms with Crippen molar-refractivity contribution in [2.45, 2.75) is 63.7 Å². The minimum atomic E-state index is -0.559. The van der Waals surface area contributed by atoms with Crippen molar-refractivity contribution >= 4 is 28.0 Å². The van der Waals surface area contributed by atoms with Crippen molar-refractivity contribution < 1.29 is 14.0 Å². The molecule has 1 atom stereocenters. The second-order valence-corrected chi connectivity index (χ2v) is 9.58. The van der Waals surface area contributed by atoms with Crippen molar-refractivity contribution in [2.24, 2.45) is 0 Å². The van der Waals surface area contributed by atoms with Gasteiger partial charge in [-0.25, -0.2) is 4.39 Å². The van der Waals surface area contributed by atoms with E-state index >= 15 is 0 Å². The zero-order valence-corrected chi connectivity index (χ0v) is 18.1. The van der Waals surface area contributed by atoms with Gasteiger partial charge in [0.2, 0.25) is 5.91 Å². The minimum absolute atomic E-state index is 0.0105. The molecule has 2 aromatic rings. The first-order chi connectivity index (χ1) is 15.1. The SMILES string of the molecule is N#Cc1c(N2C(=O)C[C@@H](c3ccccc3F)C3=C2CCCC3=O)sc2c1CCCCC2. The van der Waals surface area contributed by atoms with Crippen LogP contribution in [0.1, 0.15) is 72.4 Å². The maximum atomic E-state index is 14.6. The van der Waals surface area contributed by atoms with Crippen molar-refractivity contribution in [3.05, 3.63) is 62.9 Å². The van der Waals surface area contributed by atoms with Crippen molar-refractivity contribution in [2.75, 3.05) is 4.90 Å². The summed E-state index contributed by atoms with van der Waals surface area (Å²) in [6.07, 6.45) is 6.79. The van der Waals surface area contributed by atoms with Gasteiger partial charge in [0, 0.05) is 34.9 Å². The molecule has 0 radical (unpaired) electrons. The average molecular weight is 435 g/mol. The predicted molar refractivity (Wildman–Crippen MR) is 117 cm³/mol. The molecule has 1 aromatic carbocycles. The van der Waals surface area contributed by atoms with E-state index in [9.17, 15) is 19.2 Å². The summed E-state index contributed by atoms with van der Waals surface area (Å²) in [5, 5.41) is 10.6. The fourth-order valence-corrected chi connectivity index (χ4v) is 6.63. The summed E-state index contributed by atoms with van der Waals surface area (Å²) in [6.45, 7) is 0. The third kappa shape index (κ3) is 3.32. The van der Waals surface area contributed by atoms with Crippen molar-refractivity contribution in [3.8, 4) is 6.07 Å². The smallest absolute Gasteiger partial charge is 0.232 e. The molecule has 5 rings (SSSR count). The summed E-state index contributed by atoms with van der Waals surface area (Å²) < 4.78 is 14.6. The number of nitriles is 1. The quantitative estimate of drug-likeness (QED) is 0.582. The molecule has 0 N–H and O–H groups in total. The molecule has 0 unspecified atom stereocenters. The lowest BCUT2D eigenvalue weighted by molar-refractivity contribution is -0.119. The molecule has 3 aliphatic rings. The summed E-state index contributed by atoms with van der Waals surface area (Å²) in [7, 11) is 0. The first-order valence-electron chi connectivity index (χ1n) is 11.0. The normalized spacial score (nSPS) is 21.4. The molecule has 6 heteroatoms. The molecule has 2 aliphatic carbocycles. The lowest BCUT2D eigenvalue weighted by Crippen LogP contribution is -2.40. The zero-order chi connectivity index (χ0) is 21.5. The summed E-state index contributed by atoms with van der Waals surface area (Å²) in [5.74, 6) is -1.12. The van der Waals surface area contributed by atoms with Crippen molar-refractivity contribution in [3.63, 3.8) is 0 Å². The Morgan fingerprint density at radius 2 is 1.84 bits per heavy atom. The van der Waals surface area contributed by atoms with Crippen LogP contribution in [0, 0.1) is 17.1 Å². The average Bonchev–Trinajstić information content (AvgIpc) is 2.93. The molecular weight excluding hydrogens is 411 g/mol. The molecule has 4 nitrogen and oxygen atoms in total. The number of amides is 1. The number of nitrogens with zero attached hydrogens (tertiary/aromatic N) is 2. The van der Waals surface area contributed by atoms with Crippen LogP contribution in [0.3, 0.4) is 0 Å². The van der Waals surface area contributed by atoms with Gasteiger partial charge < -0.3 is 0 Å². The van der Waals surface area contributed by atoms with E-state index in [2.05, 4.69) is 6.07 Å². The lowest BCUT2D eigenvalue weighted by atomic mass is 9.77. The number of benzene rings is 1. The van der Waals surface area contributed by atoms with E-state index in [1.165, 1.54) is 22.3 Å². The summed E-state index contributed by atoms with van der Waals surface area (Å²) >= 11 is 1.53. The van der Waals surface area contributed by atoms with Crippen LogP contribution in [0.2, 0.25) is 0 Å². The number of rotatable bonds is 2. The number of allylic oxidation sites excluding steroid dienone is 2. The first-order valence-corrected chi connectivity index (χ1v) is 11.8. The van der Waals surface area contributed by atoms with Gasteiger partial charge in [-0.1, -0.05) is 24.6 Å². The van der Waals surface area contributed by atoms with Crippen LogP contribution < -0.4 is 4.90 Å². The lowest BCUT2D eigenvalue weighted by Gasteiger charge is -2.38. The molecule has 0 spiro atoms. The van der Waals surface area contributed by atoms with Gasteiger partial charge in [0.1, 0.15) is 16.9 Å². The summed E-state index contributed by atoms with van der Waals surface area (Å²) in [4.78, 5) is 29.3. The van der Waals surface area contributed by atoms with Crippen molar-refractivity contribution in [1.29, 1.82) is 5.26 Å². The highest BCUT2D eigenvalue weighted by atomic mass is 32.1. The third-order valence-electron chi connectivity index (χ3n) is 6.67. The van der Waals surface area contributed by atoms with Gasteiger partial charge in [0.25, 0.3) is 0 Å². The fraction of sp³-hybridized carbons (Fsp3) is 0.400. The number of carbonyl (C=O) groups excluding carboxylic acids is 2. The van der Waals surface area contributed by atoms with Crippen LogP contribution in [-0.4, -0.2) is 11.7 Å². The van der Waals surface area contributed by atoms with Gasteiger partial charge in [-0.2, -0.15) is 5.26 Å². The van der Waals surface area contributed by atoms with Gasteiger partial charge in [0.15, 0.2) is 5.78 Å². The Kier molecular flexibility index (Phi) is 5.23. The fourth-order valence-electron chi connectivity index (χ4n) is 5.25. The number of hydrogen-bond donors (Lipinski definition) is 0. The molecule has 1 amide bonds. The van der Waals surface area contributed by atoms with Gasteiger partial charge >= 0.3 is 0 Å². The Hall–Kier alpha value is -2.78. The Morgan fingerprint density at radius 3 is 2.65 bits per heavy atom. The summed E-state index contributed by atoms with van der Waals surface area (Å²) in [5.41, 5.74) is 3.30. The second-order valence-electron chi connectivity index (χ2n) is 8.50. The maximum Gasteiger partial charge on any atom is 0.232 e.